The van der Waals surface area contributed by atoms with Gasteiger partial charge in [-0.05, 0) is 39.8 Å². The Kier molecular flexibility index (Phi) is 9.89. The second kappa shape index (κ2) is 13.6. The van der Waals surface area contributed by atoms with Gasteiger partial charge in [0.05, 0.1) is 45.8 Å². The van der Waals surface area contributed by atoms with Crippen molar-refractivity contribution in [3.8, 4) is 11.4 Å². The van der Waals surface area contributed by atoms with Crippen LogP contribution in [0, 0.1) is 37.1 Å². The zero-order valence-electron chi connectivity index (χ0n) is 26.3. The minimum atomic E-state index is -1.45. The first-order valence-corrected chi connectivity index (χ1v) is 14.3. The fraction of sp³-hybridized carbons (Fsp3) is 0.188. The van der Waals surface area contributed by atoms with Crippen LogP contribution in [0.15, 0.2) is 59.2 Å². The van der Waals surface area contributed by atoms with Crippen LogP contribution >= 0.6 is 0 Å². The Labute approximate surface area is 272 Å². The van der Waals surface area contributed by atoms with Crippen LogP contribution in [0.3, 0.4) is 0 Å². The third-order valence-corrected chi connectivity index (χ3v) is 7.54. The monoisotopic (exact) mass is 684 g/mol. The number of pyridine rings is 2. The first-order chi connectivity index (χ1) is 22.7. The highest BCUT2D eigenvalue weighted by atomic mass is 19.1. The van der Waals surface area contributed by atoms with Gasteiger partial charge >= 0.3 is 11.9 Å². The number of carboxylic acid groups (broad SMARTS) is 2. The van der Waals surface area contributed by atoms with E-state index in [0.717, 1.165) is 24.5 Å². The second-order valence-corrected chi connectivity index (χ2v) is 10.6. The molecule has 0 aliphatic carbocycles. The lowest BCUT2D eigenvalue weighted by Gasteiger charge is -2.14. The maximum absolute atomic E-state index is 15.0. The Balaban J connectivity index is 0.000000216. The Bertz CT molecular complexity index is 2240. The highest BCUT2D eigenvalue weighted by molar-refractivity contribution is 5.94. The van der Waals surface area contributed by atoms with Gasteiger partial charge in [-0.25, -0.2) is 37.1 Å². The molecule has 6 rings (SSSR count). The van der Waals surface area contributed by atoms with Crippen molar-refractivity contribution in [3.05, 3.63) is 116 Å². The molecule has 0 fully saturated rings. The van der Waals surface area contributed by atoms with Crippen molar-refractivity contribution >= 4 is 33.7 Å². The molecule has 6 aromatic rings. The van der Waals surface area contributed by atoms with Gasteiger partial charge in [-0.15, -0.1) is 0 Å². The number of imidazole rings is 2. The molecule has 4 aromatic heterocycles. The van der Waals surface area contributed by atoms with Crippen LogP contribution in [0.5, 0.6) is 0 Å². The van der Waals surface area contributed by atoms with Crippen LogP contribution in [0.1, 0.15) is 46.0 Å². The zero-order valence-corrected chi connectivity index (χ0v) is 26.3. The Morgan fingerprint density at radius 3 is 1.29 bits per heavy atom. The number of halogens is 4. The number of aromatic nitrogens is 6. The van der Waals surface area contributed by atoms with Gasteiger partial charge in [0.15, 0.2) is 23.3 Å². The Morgan fingerprint density at radius 2 is 1.02 bits per heavy atom. The van der Waals surface area contributed by atoms with Crippen LogP contribution < -0.4 is 10.9 Å². The van der Waals surface area contributed by atoms with Crippen LogP contribution in [-0.4, -0.2) is 55.9 Å². The van der Waals surface area contributed by atoms with Crippen molar-refractivity contribution in [1.29, 1.82) is 0 Å². The molecule has 17 heteroatoms. The molecule has 2 aromatic carbocycles. The maximum atomic E-state index is 15.0. The number of carboxylic acids is 2. The summed E-state index contributed by atoms with van der Waals surface area (Å²) in [7, 11) is 0. The van der Waals surface area contributed by atoms with E-state index in [9.17, 15) is 36.7 Å². The van der Waals surface area contributed by atoms with Crippen molar-refractivity contribution in [2.75, 3.05) is 0 Å². The zero-order chi connectivity index (χ0) is 35.2. The third-order valence-electron chi connectivity index (χ3n) is 7.54. The topological polar surface area (TPSA) is 186 Å². The molecule has 0 amide bonds. The van der Waals surface area contributed by atoms with Gasteiger partial charge in [-0.1, -0.05) is 0 Å². The maximum Gasteiger partial charge on any atom is 0.341 e. The summed E-state index contributed by atoms with van der Waals surface area (Å²) in [6, 6.07) is 1.73. The normalized spacial score (nSPS) is 10.9. The van der Waals surface area contributed by atoms with Gasteiger partial charge in [0, 0.05) is 37.9 Å². The number of carbonyl (C=O) groups is 2. The highest BCUT2D eigenvalue weighted by Gasteiger charge is 2.24. The number of benzene rings is 2. The summed E-state index contributed by atoms with van der Waals surface area (Å²) in [5.74, 6) is -6.73. The lowest BCUT2D eigenvalue weighted by Crippen LogP contribution is -2.20. The van der Waals surface area contributed by atoms with Crippen LogP contribution in [0.2, 0.25) is 0 Å². The predicted molar refractivity (Wildman–Crippen MR) is 169 cm³/mol. The number of hydrogen-bond acceptors (Lipinski definition) is 6. The van der Waals surface area contributed by atoms with E-state index in [-0.39, 0.29) is 51.7 Å². The van der Waals surface area contributed by atoms with Crippen molar-refractivity contribution in [2.45, 2.75) is 40.8 Å². The van der Waals surface area contributed by atoms with Crippen molar-refractivity contribution in [3.63, 3.8) is 0 Å². The van der Waals surface area contributed by atoms with E-state index in [1.54, 1.807) is 27.7 Å². The van der Waals surface area contributed by atoms with Crippen molar-refractivity contribution < 1.29 is 42.8 Å². The lowest BCUT2D eigenvalue weighted by atomic mass is 10.1. The molecule has 256 valence electrons. The average Bonchev–Trinajstić information content (AvgIpc) is 3.65. The average molecular weight is 685 g/mol. The molecule has 0 saturated heterocycles. The van der Waals surface area contributed by atoms with E-state index < -0.39 is 57.2 Å². The molecule has 49 heavy (non-hydrogen) atoms. The molecule has 0 aliphatic heterocycles. The van der Waals surface area contributed by atoms with Crippen molar-refractivity contribution in [1.82, 2.24) is 28.2 Å². The molecular formula is C32H28F4N6O7. The standard InChI is InChI=1S/2C16H13F2N3O3.H2O/c2*1-3-20-6-10(16(23)24)15(22)9-4-11(17)14(12(18)13(9)20)21-5-8(2)19-7-21;/h2*4-7H,3H2,1-2H3,(H,23,24);1H2. The number of aryl methyl sites for hydroxylation is 4. The summed E-state index contributed by atoms with van der Waals surface area (Å²) in [6.45, 7) is 7.10. The summed E-state index contributed by atoms with van der Waals surface area (Å²) < 4.78 is 63.8. The van der Waals surface area contributed by atoms with E-state index >= 15 is 0 Å². The molecule has 13 nitrogen and oxygen atoms in total. The minimum Gasteiger partial charge on any atom is -0.477 e. The number of aromatic carboxylic acids is 2. The van der Waals surface area contributed by atoms with Gasteiger partial charge in [0.25, 0.3) is 0 Å². The smallest absolute Gasteiger partial charge is 0.341 e. The second-order valence-electron chi connectivity index (χ2n) is 10.6. The summed E-state index contributed by atoms with van der Waals surface area (Å²) >= 11 is 0. The van der Waals surface area contributed by atoms with Gasteiger partial charge in [-0.2, -0.15) is 0 Å². The van der Waals surface area contributed by atoms with Gasteiger partial charge < -0.3 is 34.0 Å². The first kappa shape index (κ1) is 35.7. The summed E-state index contributed by atoms with van der Waals surface area (Å²) in [6.07, 6.45) is 7.57. The molecule has 4 N–H and O–H groups in total. The minimum absolute atomic E-state index is 0. The SMILES string of the molecule is CCn1cc(C(=O)O)c(=O)c2cc(F)c(-n3cnc(C)c3)c(F)c21.CCn1cc(C(=O)O)c(=O)c2cc(F)c(-n3cnc(C)c3)c(F)c21.O. The van der Waals surface area contributed by atoms with E-state index in [2.05, 4.69) is 9.97 Å². The van der Waals surface area contributed by atoms with E-state index in [1.807, 2.05) is 0 Å². The Hall–Kier alpha value is -6.10. The summed E-state index contributed by atoms with van der Waals surface area (Å²) in [5, 5.41) is 17.6. The highest BCUT2D eigenvalue weighted by Crippen LogP contribution is 2.28. The molecular weight excluding hydrogens is 656 g/mol. The van der Waals surface area contributed by atoms with Crippen LogP contribution in [0.4, 0.5) is 17.6 Å². The summed E-state index contributed by atoms with van der Waals surface area (Å²) in [4.78, 5) is 54.7. The van der Waals surface area contributed by atoms with Crippen molar-refractivity contribution in [2.24, 2.45) is 0 Å². The quantitative estimate of drug-likeness (QED) is 0.245. The number of hydrogen-bond donors (Lipinski definition) is 2. The molecule has 0 spiro atoms. The molecule has 0 radical (unpaired) electrons. The van der Waals surface area contributed by atoms with Crippen LogP contribution in [-0.2, 0) is 13.1 Å². The lowest BCUT2D eigenvalue weighted by molar-refractivity contribution is 0.0684. The number of rotatable bonds is 6. The largest absolute Gasteiger partial charge is 0.477 e. The molecule has 0 saturated carbocycles. The summed E-state index contributed by atoms with van der Waals surface area (Å²) in [5.41, 5.74) is -2.79. The third kappa shape index (κ3) is 6.18. The molecule has 4 heterocycles. The first-order valence-electron chi connectivity index (χ1n) is 14.3. The fourth-order valence-electron chi connectivity index (χ4n) is 5.32. The van der Waals surface area contributed by atoms with Gasteiger partial charge in [0.2, 0.25) is 10.9 Å². The molecule has 0 bridgehead atoms. The van der Waals surface area contributed by atoms with E-state index in [1.165, 1.54) is 43.3 Å². The molecule has 0 atom stereocenters. The van der Waals surface area contributed by atoms with Gasteiger partial charge in [0.1, 0.15) is 22.5 Å². The molecule has 0 unspecified atom stereocenters. The van der Waals surface area contributed by atoms with Gasteiger partial charge in [-0.3, -0.25) is 9.59 Å². The van der Waals surface area contributed by atoms with Crippen LogP contribution in [0.25, 0.3) is 33.2 Å². The van der Waals surface area contributed by atoms with E-state index in [0.29, 0.717) is 11.4 Å². The number of fused-ring (bicyclic) bond motifs is 2. The van der Waals surface area contributed by atoms with E-state index in [4.69, 9.17) is 10.2 Å². The Morgan fingerprint density at radius 1 is 0.673 bits per heavy atom. The predicted octanol–water partition coefficient (Wildman–Crippen LogP) is 4.16. The molecule has 0 aliphatic rings. The number of nitrogens with zero attached hydrogens (tertiary/aromatic N) is 6. The fourth-order valence-corrected chi connectivity index (χ4v) is 5.32.